The molecule has 1 aromatic carbocycles. The number of carbonyl (C=O) groups is 2. The van der Waals surface area contributed by atoms with Gasteiger partial charge < -0.3 is 9.64 Å². The SMILES string of the molecule is CS(=O)(=O)N1CCN(C(=O)COC(=O)CNS(=O)(=O)c2ccccc2)CC1. The first-order valence-electron chi connectivity index (χ1n) is 8.03. The fraction of sp³-hybridized carbons (Fsp3) is 0.467. The van der Waals surface area contributed by atoms with Crippen molar-refractivity contribution in [2.24, 2.45) is 0 Å². The molecule has 1 amide bonds. The molecule has 1 saturated heterocycles. The second kappa shape index (κ2) is 8.78. The molecule has 1 aliphatic heterocycles. The van der Waals surface area contributed by atoms with Crippen molar-refractivity contribution in [3.05, 3.63) is 30.3 Å². The van der Waals surface area contributed by atoms with Crippen LogP contribution >= 0.6 is 0 Å². The number of rotatable bonds is 7. The first kappa shape index (κ1) is 21.3. The van der Waals surface area contributed by atoms with Crippen LogP contribution in [0.2, 0.25) is 0 Å². The summed E-state index contributed by atoms with van der Waals surface area (Å²) in [6.07, 6.45) is 1.10. The normalized spacial score (nSPS) is 16.1. The highest BCUT2D eigenvalue weighted by molar-refractivity contribution is 7.89. The Morgan fingerprint density at radius 2 is 1.63 bits per heavy atom. The summed E-state index contributed by atoms with van der Waals surface area (Å²) in [6.45, 7) is -0.393. The van der Waals surface area contributed by atoms with Crippen molar-refractivity contribution in [3.8, 4) is 0 Å². The molecule has 2 rings (SSSR count). The summed E-state index contributed by atoms with van der Waals surface area (Å²) in [6, 6.07) is 7.53. The van der Waals surface area contributed by atoms with Gasteiger partial charge in [0.05, 0.1) is 11.2 Å². The van der Waals surface area contributed by atoms with Gasteiger partial charge in [-0.2, -0.15) is 9.03 Å². The Kier molecular flexibility index (Phi) is 6.92. The maximum absolute atomic E-state index is 12.0. The molecule has 0 aromatic heterocycles. The highest BCUT2D eigenvalue weighted by Crippen LogP contribution is 2.07. The molecule has 1 fully saturated rings. The quantitative estimate of drug-likeness (QED) is 0.539. The van der Waals surface area contributed by atoms with Gasteiger partial charge in [-0.3, -0.25) is 9.59 Å². The number of carbonyl (C=O) groups excluding carboxylic acids is 2. The molecule has 0 unspecified atom stereocenters. The summed E-state index contributed by atoms with van der Waals surface area (Å²) < 4.78 is 55.0. The van der Waals surface area contributed by atoms with Crippen LogP contribution in [0.1, 0.15) is 0 Å². The average molecular weight is 419 g/mol. The molecule has 1 aliphatic rings. The van der Waals surface area contributed by atoms with Crippen LogP contribution in [0.5, 0.6) is 0 Å². The maximum atomic E-state index is 12.0. The van der Waals surface area contributed by atoms with Gasteiger partial charge in [0.25, 0.3) is 5.91 Å². The third-order valence-electron chi connectivity index (χ3n) is 3.88. The molecule has 12 heteroatoms. The Bertz CT molecular complexity index is 877. The van der Waals surface area contributed by atoms with Gasteiger partial charge in [-0.25, -0.2) is 16.8 Å². The van der Waals surface area contributed by atoms with Crippen LogP contribution in [-0.4, -0.2) is 83.5 Å². The van der Waals surface area contributed by atoms with Crippen LogP contribution in [0.3, 0.4) is 0 Å². The fourth-order valence-electron chi connectivity index (χ4n) is 2.39. The van der Waals surface area contributed by atoms with E-state index in [9.17, 15) is 26.4 Å². The van der Waals surface area contributed by atoms with Crippen LogP contribution in [-0.2, 0) is 34.4 Å². The molecule has 1 aromatic rings. The van der Waals surface area contributed by atoms with Crippen molar-refractivity contribution in [2.45, 2.75) is 4.90 Å². The number of sulfonamides is 2. The molecule has 0 aliphatic carbocycles. The van der Waals surface area contributed by atoms with Gasteiger partial charge in [-0.1, -0.05) is 18.2 Å². The number of hydrogen-bond acceptors (Lipinski definition) is 7. The Morgan fingerprint density at radius 1 is 1.04 bits per heavy atom. The summed E-state index contributed by atoms with van der Waals surface area (Å²) in [5, 5.41) is 0. The lowest BCUT2D eigenvalue weighted by Gasteiger charge is -2.33. The standard InChI is InChI=1S/C15H21N3O7S2/c1-26(21,22)18-9-7-17(8-10-18)14(19)12-25-15(20)11-16-27(23,24)13-5-3-2-4-6-13/h2-6,16H,7-12H2,1H3. The van der Waals surface area contributed by atoms with Gasteiger partial charge in [-0.05, 0) is 12.1 Å². The molecular weight excluding hydrogens is 398 g/mol. The summed E-state index contributed by atoms with van der Waals surface area (Å²) >= 11 is 0. The van der Waals surface area contributed by atoms with Crippen LogP contribution in [0.25, 0.3) is 0 Å². The zero-order valence-corrected chi connectivity index (χ0v) is 16.3. The monoisotopic (exact) mass is 419 g/mol. The molecule has 0 radical (unpaired) electrons. The molecule has 0 spiro atoms. The van der Waals surface area contributed by atoms with Crippen LogP contribution in [0.15, 0.2) is 35.2 Å². The van der Waals surface area contributed by atoms with Crippen molar-refractivity contribution in [2.75, 3.05) is 45.6 Å². The molecule has 1 N–H and O–H groups in total. The fourth-order valence-corrected chi connectivity index (χ4v) is 4.21. The lowest BCUT2D eigenvalue weighted by Crippen LogP contribution is -2.51. The van der Waals surface area contributed by atoms with Gasteiger partial charge in [0.15, 0.2) is 6.61 Å². The van der Waals surface area contributed by atoms with E-state index in [0.29, 0.717) is 0 Å². The summed E-state index contributed by atoms with van der Waals surface area (Å²) in [4.78, 5) is 25.1. The van der Waals surface area contributed by atoms with Crippen molar-refractivity contribution >= 4 is 31.9 Å². The van der Waals surface area contributed by atoms with Crippen LogP contribution in [0.4, 0.5) is 0 Å². The van der Waals surface area contributed by atoms with Gasteiger partial charge in [0.1, 0.15) is 6.54 Å². The lowest BCUT2D eigenvalue weighted by molar-refractivity contribution is -0.151. The smallest absolute Gasteiger partial charge is 0.321 e. The summed E-state index contributed by atoms with van der Waals surface area (Å²) in [7, 11) is -7.14. The third-order valence-corrected chi connectivity index (χ3v) is 6.60. The number of nitrogens with one attached hydrogen (secondary N) is 1. The summed E-state index contributed by atoms with van der Waals surface area (Å²) in [5.41, 5.74) is 0. The van der Waals surface area contributed by atoms with Crippen molar-refractivity contribution in [3.63, 3.8) is 0 Å². The highest BCUT2D eigenvalue weighted by Gasteiger charge is 2.26. The average Bonchev–Trinajstić information content (AvgIpc) is 2.64. The van der Waals surface area contributed by atoms with Gasteiger partial charge in [-0.15, -0.1) is 0 Å². The number of amides is 1. The Labute approximate surface area is 158 Å². The summed E-state index contributed by atoms with van der Waals surface area (Å²) in [5.74, 6) is -1.36. The number of benzene rings is 1. The Balaban J connectivity index is 1.75. The topological polar surface area (TPSA) is 130 Å². The second-order valence-corrected chi connectivity index (χ2v) is 9.59. The zero-order valence-electron chi connectivity index (χ0n) is 14.7. The van der Waals surface area contributed by atoms with Crippen molar-refractivity contribution < 1.29 is 31.2 Å². The van der Waals surface area contributed by atoms with E-state index < -0.39 is 45.1 Å². The third kappa shape index (κ3) is 6.27. The molecule has 1 heterocycles. The Morgan fingerprint density at radius 3 is 2.19 bits per heavy atom. The second-order valence-electron chi connectivity index (χ2n) is 5.84. The number of hydrogen-bond donors (Lipinski definition) is 1. The number of esters is 1. The van der Waals surface area contributed by atoms with E-state index in [1.54, 1.807) is 18.2 Å². The van der Waals surface area contributed by atoms with E-state index >= 15 is 0 Å². The molecule has 10 nitrogen and oxygen atoms in total. The largest absolute Gasteiger partial charge is 0.455 e. The van der Waals surface area contributed by atoms with E-state index in [0.717, 1.165) is 6.26 Å². The molecule has 0 bridgehead atoms. The number of nitrogens with zero attached hydrogens (tertiary/aromatic N) is 2. The first-order chi connectivity index (χ1) is 12.6. The maximum Gasteiger partial charge on any atom is 0.321 e. The van der Waals surface area contributed by atoms with E-state index in [2.05, 4.69) is 4.72 Å². The first-order valence-corrected chi connectivity index (χ1v) is 11.4. The zero-order chi connectivity index (χ0) is 20.1. The molecular formula is C15H21N3O7S2. The molecule has 0 atom stereocenters. The molecule has 27 heavy (non-hydrogen) atoms. The lowest BCUT2D eigenvalue weighted by atomic mass is 10.3. The predicted molar refractivity (Wildman–Crippen MR) is 95.6 cm³/mol. The number of piperazine rings is 1. The van der Waals surface area contributed by atoms with Gasteiger partial charge in [0, 0.05) is 26.2 Å². The predicted octanol–water partition coefficient (Wildman–Crippen LogP) is -1.39. The van der Waals surface area contributed by atoms with Crippen molar-refractivity contribution in [1.29, 1.82) is 0 Å². The van der Waals surface area contributed by atoms with E-state index in [1.165, 1.54) is 21.3 Å². The minimum Gasteiger partial charge on any atom is -0.455 e. The van der Waals surface area contributed by atoms with E-state index in [1.807, 2.05) is 0 Å². The number of ether oxygens (including phenoxy) is 1. The minimum absolute atomic E-state index is 0.0117. The van der Waals surface area contributed by atoms with E-state index in [-0.39, 0.29) is 31.1 Å². The highest BCUT2D eigenvalue weighted by atomic mass is 32.2. The van der Waals surface area contributed by atoms with Crippen LogP contribution in [0, 0.1) is 0 Å². The van der Waals surface area contributed by atoms with Crippen molar-refractivity contribution in [1.82, 2.24) is 13.9 Å². The van der Waals surface area contributed by atoms with Gasteiger partial charge >= 0.3 is 5.97 Å². The van der Waals surface area contributed by atoms with Crippen LogP contribution < -0.4 is 4.72 Å². The minimum atomic E-state index is -3.84. The molecule has 0 saturated carbocycles. The van der Waals surface area contributed by atoms with E-state index in [4.69, 9.17) is 4.74 Å². The Hall–Kier alpha value is -2.02. The molecule has 150 valence electrons. The van der Waals surface area contributed by atoms with Gasteiger partial charge in [0.2, 0.25) is 20.0 Å².